The predicted octanol–water partition coefficient (Wildman–Crippen LogP) is 18.6. The number of rotatable bonds is 6. The summed E-state index contributed by atoms with van der Waals surface area (Å²) < 4.78 is 15.1. The molecule has 362 valence electrons. The molecule has 2 aliphatic heterocycles. The normalized spacial score (nSPS) is 12.7. The molecule has 0 atom stereocenters. The molecule has 17 rings (SSSR count). The van der Waals surface area contributed by atoms with Gasteiger partial charge in [0.15, 0.2) is 0 Å². The summed E-state index contributed by atoms with van der Waals surface area (Å²) in [6.45, 7) is -0.127. The first kappa shape index (κ1) is 43.8. The maximum atomic E-state index is 7.50. The van der Waals surface area contributed by atoms with Crippen LogP contribution in [0.25, 0.3) is 112 Å². The van der Waals surface area contributed by atoms with Gasteiger partial charge in [-0.25, -0.2) is 0 Å². The lowest BCUT2D eigenvalue weighted by Gasteiger charge is -2.41. The Labute approximate surface area is 458 Å². The van der Waals surface area contributed by atoms with Crippen molar-refractivity contribution in [2.75, 3.05) is 4.90 Å². The lowest BCUT2D eigenvalue weighted by atomic mass is 9.34. The van der Waals surface area contributed by atoms with Gasteiger partial charge in [0.25, 0.3) is 6.71 Å². The lowest BCUT2D eigenvalue weighted by Crippen LogP contribution is -2.59. The van der Waals surface area contributed by atoms with E-state index in [9.17, 15) is 0 Å². The minimum absolute atomic E-state index is 0.127. The van der Waals surface area contributed by atoms with Crippen LogP contribution in [0.1, 0.15) is 0 Å². The Morgan fingerprint density at radius 1 is 0.295 bits per heavy atom. The van der Waals surface area contributed by atoms with Gasteiger partial charge in [0, 0.05) is 74.2 Å². The smallest absolute Gasteiger partial charge is 0.256 e. The molecular formula is C72H43BN2OS2. The Morgan fingerprint density at radius 2 is 0.782 bits per heavy atom. The fourth-order valence-corrected chi connectivity index (χ4v) is 15.0. The summed E-state index contributed by atoms with van der Waals surface area (Å²) in [5, 5.41) is 7.60. The third-order valence-corrected chi connectivity index (χ3v) is 18.7. The van der Waals surface area contributed by atoms with Crippen molar-refractivity contribution in [2.45, 2.75) is 0 Å². The quantitative estimate of drug-likeness (QED) is 0.154. The number of ether oxygens (including phenoxy) is 1. The molecule has 0 spiro atoms. The van der Waals surface area contributed by atoms with E-state index in [1.807, 2.05) is 22.7 Å². The minimum Gasteiger partial charge on any atom is -0.458 e. The number of hydrogen-bond acceptors (Lipinski definition) is 4. The van der Waals surface area contributed by atoms with Crippen LogP contribution < -0.4 is 26.0 Å². The van der Waals surface area contributed by atoms with Crippen LogP contribution in [0.5, 0.6) is 11.5 Å². The zero-order chi connectivity index (χ0) is 51.0. The third kappa shape index (κ3) is 6.70. The highest BCUT2D eigenvalue weighted by Crippen LogP contribution is 2.48. The van der Waals surface area contributed by atoms with E-state index >= 15 is 0 Å². The molecule has 3 nitrogen and oxygen atoms in total. The first-order valence-corrected chi connectivity index (χ1v) is 28.3. The lowest BCUT2D eigenvalue weighted by molar-refractivity contribution is 0.487. The Kier molecular flexibility index (Phi) is 9.55. The third-order valence-electron chi connectivity index (χ3n) is 16.4. The van der Waals surface area contributed by atoms with E-state index in [2.05, 4.69) is 270 Å². The molecule has 78 heavy (non-hydrogen) atoms. The van der Waals surface area contributed by atoms with E-state index in [0.29, 0.717) is 0 Å². The molecule has 0 fully saturated rings. The molecule has 15 aromatic rings. The number of para-hydroxylation sites is 2. The summed E-state index contributed by atoms with van der Waals surface area (Å²) in [5.74, 6) is 1.73. The van der Waals surface area contributed by atoms with Crippen LogP contribution in [0.15, 0.2) is 261 Å². The second-order valence-corrected chi connectivity index (χ2v) is 22.9. The Morgan fingerprint density at radius 3 is 1.38 bits per heavy atom. The molecule has 0 unspecified atom stereocenters. The van der Waals surface area contributed by atoms with Gasteiger partial charge in [0.1, 0.15) is 11.5 Å². The Bertz CT molecular complexity index is 4860. The molecule has 0 saturated heterocycles. The van der Waals surface area contributed by atoms with Crippen LogP contribution in [0.2, 0.25) is 0 Å². The van der Waals surface area contributed by atoms with Crippen molar-refractivity contribution in [3.05, 3.63) is 261 Å². The Balaban J connectivity index is 0.946. The van der Waals surface area contributed by atoms with Gasteiger partial charge >= 0.3 is 0 Å². The van der Waals surface area contributed by atoms with Crippen LogP contribution in [0.3, 0.4) is 0 Å². The van der Waals surface area contributed by atoms with E-state index in [1.54, 1.807) is 0 Å². The second-order valence-electron chi connectivity index (χ2n) is 20.8. The molecule has 6 heteroatoms. The fourth-order valence-electron chi connectivity index (χ4n) is 12.8. The summed E-state index contributed by atoms with van der Waals surface area (Å²) in [6.07, 6.45) is 0. The topological polar surface area (TPSA) is 17.4 Å². The number of hydrogen-bond donors (Lipinski definition) is 0. The summed E-state index contributed by atoms with van der Waals surface area (Å²) in [4.78, 5) is 2.55. The van der Waals surface area contributed by atoms with E-state index in [-0.39, 0.29) is 6.71 Å². The van der Waals surface area contributed by atoms with Gasteiger partial charge in [-0.1, -0.05) is 170 Å². The highest BCUT2D eigenvalue weighted by molar-refractivity contribution is 7.26. The Hall–Kier alpha value is -9.46. The van der Waals surface area contributed by atoms with Crippen LogP contribution in [-0.4, -0.2) is 11.3 Å². The van der Waals surface area contributed by atoms with Gasteiger partial charge < -0.3 is 14.2 Å². The molecule has 0 amide bonds. The van der Waals surface area contributed by atoms with Gasteiger partial charge in [0.2, 0.25) is 0 Å². The van der Waals surface area contributed by atoms with Crippen molar-refractivity contribution in [3.63, 3.8) is 0 Å². The van der Waals surface area contributed by atoms with Crippen molar-refractivity contribution in [1.82, 2.24) is 4.57 Å². The van der Waals surface area contributed by atoms with Crippen molar-refractivity contribution in [3.8, 4) is 61.7 Å². The van der Waals surface area contributed by atoms with Gasteiger partial charge in [-0.05, 0) is 146 Å². The van der Waals surface area contributed by atoms with E-state index in [0.717, 1.165) is 84.0 Å². The summed E-state index contributed by atoms with van der Waals surface area (Å²) in [6, 6.07) is 96.8. The molecule has 0 bridgehead atoms. The largest absolute Gasteiger partial charge is 0.458 e. The molecule has 12 aromatic carbocycles. The molecule has 3 aromatic heterocycles. The average molecular weight is 1030 g/mol. The number of aromatic nitrogens is 1. The summed E-state index contributed by atoms with van der Waals surface area (Å²) >= 11 is 3.72. The van der Waals surface area contributed by atoms with E-state index in [1.165, 1.54) is 73.3 Å². The standard InChI is InChI=1S/C72H43BN2OS2/c1-3-15-44(16-4-1)50-35-51(45-17-5-2-6-18-45)37-52(36-50)75-64-40-48(46-29-33-70-58(38-46)56-21-9-13-25-68(56)77-70)27-31-60(64)73-61-32-28-49(47-30-34-71-59(39-47)57-22-10-14-26-69(57)78-71)41-66(61)76-67-43-53(42-65(75)72(67)73)74-62-23-11-7-19-54(62)55-20-8-12-24-63(55)74/h1-43H. The van der Waals surface area contributed by atoms with Crippen molar-refractivity contribution in [1.29, 1.82) is 0 Å². The molecule has 0 radical (unpaired) electrons. The summed E-state index contributed by atoms with van der Waals surface area (Å²) in [7, 11) is 0. The van der Waals surface area contributed by atoms with E-state index in [4.69, 9.17) is 4.74 Å². The second kappa shape index (κ2) is 17.0. The number of fused-ring (bicyclic) bond motifs is 13. The minimum atomic E-state index is -0.127. The van der Waals surface area contributed by atoms with Crippen LogP contribution >= 0.6 is 22.7 Å². The van der Waals surface area contributed by atoms with Crippen LogP contribution in [0, 0.1) is 0 Å². The van der Waals surface area contributed by atoms with Crippen LogP contribution in [0.4, 0.5) is 17.1 Å². The van der Waals surface area contributed by atoms with Crippen molar-refractivity contribution >= 4 is 125 Å². The summed E-state index contributed by atoms with van der Waals surface area (Å²) in [5.41, 5.74) is 19.5. The van der Waals surface area contributed by atoms with E-state index < -0.39 is 0 Å². The molecule has 0 N–H and O–H groups in total. The highest BCUT2D eigenvalue weighted by Gasteiger charge is 2.43. The van der Waals surface area contributed by atoms with Crippen LogP contribution in [-0.2, 0) is 0 Å². The molecule has 5 heterocycles. The average Bonchev–Trinajstić information content (AvgIpc) is 4.32. The zero-order valence-corrected chi connectivity index (χ0v) is 43.7. The maximum Gasteiger partial charge on any atom is 0.256 e. The first-order valence-electron chi connectivity index (χ1n) is 26.7. The number of thiophene rings is 2. The van der Waals surface area contributed by atoms with Gasteiger partial charge in [0.05, 0.1) is 16.7 Å². The van der Waals surface area contributed by atoms with Gasteiger partial charge in [-0.2, -0.15) is 0 Å². The first-order chi connectivity index (χ1) is 38.6. The maximum absolute atomic E-state index is 7.50. The molecular weight excluding hydrogens is 984 g/mol. The number of nitrogens with zero attached hydrogens (tertiary/aromatic N) is 2. The van der Waals surface area contributed by atoms with Gasteiger partial charge in [-0.15, -0.1) is 22.7 Å². The van der Waals surface area contributed by atoms with Crippen molar-refractivity contribution < 1.29 is 4.74 Å². The fraction of sp³-hybridized carbons (Fsp3) is 0. The molecule has 2 aliphatic rings. The molecule has 0 aliphatic carbocycles. The predicted molar refractivity (Wildman–Crippen MR) is 334 cm³/mol. The SMILES string of the molecule is c1ccc(-c2cc(-c3ccccc3)cc(N3c4cc(-c5ccc6sc7ccccc7c6c5)ccc4B4c5ccc(-c6ccc7sc8ccccc8c7c6)cc5Oc5cc(-n6c7ccccc7c7ccccc76)cc3c54)c2)cc1. The highest BCUT2D eigenvalue weighted by atomic mass is 32.1. The van der Waals surface area contributed by atoms with Crippen molar-refractivity contribution in [2.24, 2.45) is 0 Å². The van der Waals surface area contributed by atoms with Gasteiger partial charge in [-0.3, -0.25) is 0 Å². The zero-order valence-electron chi connectivity index (χ0n) is 42.0. The molecule has 0 saturated carbocycles. The monoisotopic (exact) mass is 1030 g/mol. The number of benzene rings is 12. The number of anilines is 3.